The van der Waals surface area contributed by atoms with Crippen LogP contribution in [-0.2, 0) is 4.74 Å². The van der Waals surface area contributed by atoms with Crippen molar-refractivity contribution >= 4 is 0 Å². The fourth-order valence-corrected chi connectivity index (χ4v) is 3.10. The zero-order valence-corrected chi connectivity index (χ0v) is 12.3. The van der Waals surface area contributed by atoms with E-state index in [1.54, 1.807) is 0 Å². The van der Waals surface area contributed by atoms with Crippen LogP contribution in [0, 0.1) is 5.41 Å². The lowest BCUT2D eigenvalue weighted by Crippen LogP contribution is -2.55. The van der Waals surface area contributed by atoms with Gasteiger partial charge in [0, 0.05) is 19.6 Å². The van der Waals surface area contributed by atoms with E-state index in [4.69, 9.17) is 10.5 Å². The summed E-state index contributed by atoms with van der Waals surface area (Å²) in [6, 6.07) is 0. The Kier molecular flexibility index (Phi) is 4.99. The molecule has 1 aliphatic heterocycles. The van der Waals surface area contributed by atoms with Crippen LogP contribution in [0.3, 0.4) is 0 Å². The smallest absolute Gasteiger partial charge is 0.0757 e. The minimum Gasteiger partial charge on any atom is -0.370 e. The highest BCUT2D eigenvalue weighted by atomic mass is 16.5. The van der Waals surface area contributed by atoms with Crippen molar-refractivity contribution in [3.63, 3.8) is 0 Å². The first-order valence-electron chi connectivity index (χ1n) is 6.90. The molecular weight excluding hydrogens is 212 g/mol. The quantitative estimate of drug-likeness (QED) is 0.803. The molecule has 0 saturated carbocycles. The van der Waals surface area contributed by atoms with Gasteiger partial charge in [-0.15, -0.1) is 0 Å². The van der Waals surface area contributed by atoms with Crippen molar-refractivity contribution in [2.45, 2.75) is 59.2 Å². The monoisotopic (exact) mass is 242 g/mol. The predicted molar refractivity (Wildman–Crippen MR) is 73.1 cm³/mol. The lowest BCUT2D eigenvalue weighted by Gasteiger charge is -2.45. The standard InChI is InChI=1S/C14H30N2O/c1-6-7-14(5,9-15)11-16-8-12(2)17-13(3,4)10-16/h12H,6-11,15H2,1-5H3. The minimum atomic E-state index is -0.0284. The van der Waals surface area contributed by atoms with E-state index in [-0.39, 0.29) is 11.0 Å². The molecule has 0 aromatic heterocycles. The molecule has 0 spiro atoms. The highest BCUT2D eigenvalue weighted by molar-refractivity contribution is 4.87. The summed E-state index contributed by atoms with van der Waals surface area (Å²) in [5.74, 6) is 0. The van der Waals surface area contributed by atoms with Gasteiger partial charge in [0.25, 0.3) is 0 Å². The minimum absolute atomic E-state index is 0.0284. The van der Waals surface area contributed by atoms with Crippen LogP contribution in [0.5, 0.6) is 0 Å². The van der Waals surface area contributed by atoms with Crippen LogP contribution >= 0.6 is 0 Å². The summed E-state index contributed by atoms with van der Waals surface area (Å²) in [6.45, 7) is 15.0. The van der Waals surface area contributed by atoms with E-state index in [1.807, 2.05) is 0 Å². The van der Waals surface area contributed by atoms with E-state index < -0.39 is 0 Å². The molecule has 2 N–H and O–H groups in total. The Morgan fingerprint density at radius 1 is 1.47 bits per heavy atom. The van der Waals surface area contributed by atoms with Gasteiger partial charge in [0.15, 0.2) is 0 Å². The number of hydrogen-bond acceptors (Lipinski definition) is 3. The third kappa shape index (κ3) is 4.57. The number of hydrogen-bond donors (Lipinski definition) is 1. The molecule has 1 rings (SSSR count). The van der Waals surface area contributed by atoms with Gasteiger partial charge in [-0.2, -0.15) is 0 Å². The molecule has 3 heteroatoms. The maximum Gasteiger partial charge on any atom is 0.0757 e. The summed E-state index contributed by atoms with van der Waals surface area (Å²) < 4.78 is 5.94. The molecule has 1 aliphatic rings. The third-order valence-corrected chi connectivity index (χ3v) is 3.59. The van der Waals surface area contributed by atoms with Gasteiger partial charge in [0.05, 0.1) is 11.7 Å². The van der Waals surface area contributed by atoms with Crippen LogP contribution in [0.2, 0.25) is 0 Å². The molecular formula is C14H30N2O. The number of morpholine rings is 1. The molecule has 0 aromatic rings. The molecule has 1 heterocycles. The largest absolute Gasteiger partial charge is 0.370 e. The first kappa shape index (κ1) is 14.9. The molecule has 1 fully saturated rings. The van der Waals surface area contributed by atoms with Crippen LogP contribution in [0.25, 0.3) is 0 Å². The lowest BCUT2D eigenvalue weighted by molar-refractivity contribution is -0.134. The Hall–Kier alpha value is -0.120. The van der Waals surface area contributed by atoms with E-state index in [0.717, 1.165) is 26.2 Å². The van der Waals surface area contributed by atoms with Crippen molar-refractivity contribution in [1.82, 2.24) is 4.90 Å². The fraction of sp³-hybridized carbons (Fsp3) is 1.00. The van der Waals surface area contributed by atoms with Crippen molar-refractivity contribution in [3.05, 3.63) is 0 Å². The second-order valence-corrected chi connectivity index (χ2v) is 6.62. The van der Waals surface area contributed by atoms with Crippen LogP contribution in [0.15, 0.2) is 0 Å². The number of nitrogens with zero attached hydrogens (tertiary/aromatic N) is 1. The lowest BCUT2D eigenvalue weighted by atomic mass is 9.84. The summed E-state index contributed by atoms with van der Waals surface area (Å²) in [6.07, 6.45) is 2.73. The van der Waals surface area contributed by atoms with E-state index in [1.165, 1.54) is 12.8 Å². The van der Waals surface area contributed by atoms with E-state index in [9.17, 15) is 0 Å². The summed E-state index contributed by atoms with van der Waals surface area (Å²) in [5, 5.41) is 0. The number of nitrogens with two attached hydrogens (primary N) is 1. The SMILES string of the molecule is CCCC(C)(CN)CN1CC(C)OC(C)(C)C1. The fourth-order valence-electron chi connectivity index (χ4n) is 3.10. The van der Waals surface area contributed by atoms with Crippen molar-refractivity contribution in [2.75, 3.05) is 26.2 Å². The van der Waals surface area contributed by atoms with E-state index in [0.29, 0.717) is 6.10 Å². The van der Waals surface area contributed by atoms with Crippen molar-refractivity contribution < 1.29 is 4.74 Å². The van der Waals surface area contributed by atoms with Crippen molar-refractivity contribution in [3.8, 4) is 0 Å². The van der Waals surface area contributed by atoms with Gasteiger partial charge in [-0.3, -0.25) is 4.90 Å². The molecule has 2 unspecified atom stereocenters. The molecule has 2 atom stereocenters. The van der Waals surface area contributed by atoms with E-state index >= 15 is 0 Å². The van der Waals surface area contributed by atoms with Crippen LogP contribution in [0.1, 0.15) is 47.5 Å². The first-order chi connectivity index (χ1) is 7.80. The zero-order valence-electron chi connectivity index (χ0n) is 12.3. The maximum atomic E-state index is 5.95. The first-order valence-corrected chi connectivity index (χ1v) is 6.90. The van der Waals surface area contributed by atoms with Gasteiger partial charge in [-0.05, 0) is 39.2 Å². The number of rotatable bonds is 5. The molecule has 0 radical (unpaired) electrons. The third-order valence-electron chi connectivity index (χ3n) is 3.59. The summed E-state index contributed by atoms with van der Waals surface area (Å²) in [4.78, 5) is 2.52. The van der Waals surface area contributed by atoms with Crippen molar-refractivity contribution in [1.29, 1.82) is 0 Å². The van der Waals surface area contributed by atoms with Crippen molar-refractivity contribution in [2.24, 2.45) is 11.1 Å². The molecule has 1 saturated heterocycles. The Labute approximate surface area is 107 Å². The molecule has 3 nitrogen and oxygen atoms in total. The predicted octanol–water partition coefficient (Wildman–Crippen LogP) is 2.25. The van der Waals surface area contributed by atoms with Gasteiger partial charge in [0.1, 0.15) is 0 Å². The van der Waals surface area contributed by atoms with Gasteiger partial charge in [0.2, 0.25) is 0 Å². The summed E-state index contributed by atoms with van der Waals surface area (Å²) in [5.41, 5.74) is 6.18. The van der Waals surface area contributed by atoms with Gasteiger partial charge in [-0.25, -0.2) is 0 Å². The molecule has 0 bridgehead atoms. The molecule has 17 heavy (non-hydrogen) atoms. The zero-order chi connectivity index (χ0) is 13.1. The summed E-state index contributed by atoms with van der Waals surface area (Å²) in [7, 11) is 0. The van der Waals surface area contributed by atoms with Gasteiger partial charge < -0.3 is 10.5 Å². The molecule has 0 aliphatic carbocycles. The average Bonchev–Trinajstić information content (AvgIpc) is 2.14. The Balaban J connectivity index is 2.60. The Bertz CT molecular complexity index is 242. The van der Waals surface area contributed by atoms with Gasteiger partial charge in [-0.1, -0.05) is 20.3 Å². The normalized spacial score (nSPS) is 28.9. The topological polar surface area (TPSA) is 38.5 Å². The van der Waals surface area contributed by atoms with Crippen LogP contribution in [0.4, 0.5) is 0 Å². The van der Waals surface area contributed by atoms with E-state index in [2.05, 4.69) is 39.5 Å². The second kappa shape index (κ2) is 5.68. The second-order valence-electron chi connectivity index (χ2n) is 6.62. The number of ether oxygens (including phenoxy) is 1. The molecule has 0 aromatic carbocycles. The van der Waals surface area contributed by atoms with Crippen LogP contribution in [-0.4, -0.2) is 42.8 Å². The molecule has 0 amide bonds. The highest BCUT2D eigenvalue weighted by Gasteiger charge is 2.34. The summed E-state index contributed by atoms with van der Waals surface area (Å²) >= 11 is 0. The maximum absolute atomic E-state index is 5.95. The Morgan fingerprint density at radius 2 is 2.12 bits per heavy atom. The highest BCUT2D eigenvalue weighted by Crippen LogP contribution is 2.27. The molecule has 102 valence electrons. The Morgan fingerprint density at radius 3 is 2.59 bits per heavy atom. The van der Waals surface area contributed by atoms with Gasteiger partial charge >= 0.3 is 0 Å². The van der Waals surface area contributed by atoms with Crippen LogP contribution < -0.4 is 5.73 Å². The average molecular weight is 242 g/mol.